The lowest BCUT2D eigenvalue weighted by molar-refractivity contribution is -0.122. The minimum Gasteiger partial charge on any atom is -0.477 e. The molecule has 0 aromatic carbocycles. The van der Waals surface area contributed by atoms with E-state index < -0.39 is 11.5 Å². The van der Waals surface area contributed by atoms with Gasteiger partial charge in [-0.2, -0.15) is 0 Å². The zero-order valence-corrected chi connectivity index (χ0v) is 10.6. The van der Waals surface area contributed by atoms with Crippen LogP contribution in [-0.4, -0.2) is 27.6 Å². The number of carboxylic acids is 1. The number of hydrogen-bond donors (Lipinski definition) is 2. The van der Waals surface area contributed by atoms with Gasteiger partial charge in [0.05, 0.1) is 0 Å². The van der Waals surface area contributed by atoms with Crippen LogP contribution in [0.4, 0.5) is 0 Å². The number of nitrogens with one attached hydrogen (secondary N) is 1. The molecule has 0 spiro atoms. The fraction of sp³-hybridized carbons (Fsp3) is 0.417. The summed E-state index contributed by atoms with van der Waals surface area (Å²) in [5.74, 6) is -1.62. The van der Waals surface area contributed by atoms with Gasteiger partial charge in [-0.05, 0) is 32.9 Å². The van der Waals surface area contributed by atoms with E-state index in [-0.39, 0.29) is 24.1 Å². The summed E-state index contributed by atoms with van der Waals surface area (Å²) >= 11 is 0. The highest BCUT2D eigenvalue weighted by Crippen LogP contribution is 1.99. The molecule has 1 amide bonds. The van der Waals surface area contributed by atoms with Crippen molar-refractivity contribution in [1.82, 2.24) is 9.88 Å². The van der Waals surface area contributed by atoms with Crippen molar-refractivity contribution in [3.8, 4) is 0 Å². The lowest BCUT2D eigenvalue weighted by Crippen LogP contribution is -2.37. The number of carbonyl (C=O) groups excluding carboxylic acids is 1. The predicted molar refractivity (Wildman–Crippen MR) is 65.7 cm³/mol. The Morgan fingerprint density at radius 2 is 2.00 bits per heavy atom. The Kier molecular flexibility index (Phi) is 4.25. The number of aromatic carboxylic acids is 1. The summed E-state index contributed by atoms with van der Waals surface area (Å²) in [6.45, 7) is 5.09. The van der Waals surface area contributed by atoms with Crippen molar-refractivity contribution < 1.29 is 14.7 Å². The van der Waals surface area contributed by atoms with Crippen LogP contribution >= 0.6 is 0 Å². The molecule has 0 bridgehead atoms. The highest BCUT2D eigenvalue weighted by atomic mass is 16.4. The average Bonchev–Trinajstić information content (AvgIpc) is 2.22. The lowest BCUT2D eigenvalue weighted by Gasteiger charge is -2.12. The molecule has 0 unspecified atom stereocenters. The molecule has 0 radical (unpaired) electrons. The monoisotopic (exact) mass is 252 g/mol. The van der Waals surface area contributed by atoms with Gasteiger partial charge in [0.2, 0.25) is 5.91 Å². The van der Waals surface area contributed by atoms with E-state index in [1.54, 1.807) is 20.8 Å². The summed E-state index contributed by atoms with van der Waals surface area (Å²) in [7, 11) is 0. The van der Waals surface area contributed by atoms with Crippen LogP contribution in [0.25, 0.3) is 0 Å². The molecule has 0 atom stereocenters. The largest absolute Gasteiger partial charge is 0.477 e. The van der Waals surface area contributed by atoms with E-state index in [2.05, 4.69) is 5.32 Å². The van der Waals surface area contributed by atoms with Crippen LogP contribution in [0.5, 0.6) is 0 Å². The standard InChI is InChI=1S/C12H16N2O4/c1-7(2)13-10(15)6-14-8(3)4-5-9(11(14)16)12(17)18/h4-5,7H,6H2,1-3H3,(H,13,15)(H,17,18). The molecule has 2 N–H and O–H groups in total. The van der Waals surface area contributed by atoms with E-state index in [0.29, 0.717) is 5.69 Å². The Hall–Kier alpha value is -2.11. The minimum atomic E-state index is -1.29. The van der Waals surface area contributed by atoms with Gasteiger partial charge < -0.3 is 15.0 Å². The normalized spacial score (nSPS) is 10.4. The molecule has 98 valence electrons. The number of carboxylic acid groups (broad SMARTS) is 1. The Labute approximate surface area is 104 Å². The average molecular weight is 252 g/mol. The molecule has 0 fully saturated rings. The molecular weight excluding hydrogens is 236 g/mol. The summed E-state index contributed by atoms with van der Waals surface area (Å²) in [4.78, 5) is 34.3. The number of pyridine rings is 1. The Bertz CT molecular complexity index is 531. The molecule has 6 heteroatoms. The second-order valence-corrected chi connectivity index (χ2v) is 4.31. The number of nitrogens with zero attached hydrogens (tertiary/aromatic N) is 1. The summed E-state index contributed by atoms with van der Waals surface area (Å²) in [6.07, 6.45) is 0. The van der Waals surface area contributed by atoms with Gasteiger partial charge in [-0.25, -0.2) is 4.79 Å². The van der Waals surface area contributed by atoms with Crippen molar-refractivity contribution in [2.75, 3.05) is 0 Å². The van der Waals surface area contributed by atoms with Crippen molar-refractivity contribution in [1.29, 1.82) is 0 Å². The topological polar surface area (TPSA) is 88.4 Å². The lowest BCUT2D eigenvalue weighted by atomic mass is 10.2. The maximum absolute atomic E-state index is 11.9. The van der Waals surface area contributed by atoms with Crippen molar-refractivity contribution in [3.63, 3.8) is 0 Å². The van der Waals surface area contributed by atoms with Crippen LogP contribution in [0.3, 0.4) is 0 Å². The summed E-state index contributed by atoms with van der Waals surface area (Å²) in [5.41, 5.74) is -0.455. The maximum Gasteiger partial charge on any atom is 0.341 e. The molecule has 6 nitrogen and oxygen atoms in total. The van der Waals surface area contributed by atoms with Crippen LogP contribution in [0, 0.1) is 6.92 Å². The Morgan fingerprint density at radius 3 is 2.50 bits per heavy atom. The van der Waals surface area contributed by atoms with Gasteiger partial charge in [-0.15, -0.1) is 0 Å². The first-order valence-corrected chi connectivity index (χ1v) is 5.56. The molecule has 0 saturated heterocycles. The number of aromatic nitrogens is 1. The second-order valence-electron chi connectivity index (χ2n) is 4.31. The SMILES string of the molecule is Cc1ccc(C(=O)O)c(=O)n1CC(=O)NC(C)C. The Morgan fingerprint density at radius 1 is 1.39 bits per heavy atom. The fourth-order valence-electron chi connectivity index (χ4n) is 1.54. The molecule has 1 heterocycles. The third kappa shape index (κ3) is 3.19. The molecule has 18 heavy (non-hydrogen) atoms. The molecule has 1 rings (SSSR count). The highest BCUT2D eigenvalue weighted by Gasteiger charge is 2.14. The zero-order valence-electron chi connectivity index (χ0n) is 10.6. The Balaban J connectivity index is 3.09. The molecule has 0 aliphatic heterocycles. The van der Waals surface area contributed by atoms with E-state index in [0.717, 1.165) is 4.57 Å². The highest BCUT2D eigenvalue weighted by molar-refractivity contribution is 5.87. The van der Waals surface area contributed by atoms with Gasteiger partial charge in [-0.1, -0.05) is 0 Å². The number of amides is 1. The summed E-state index contributed by atoms with van der Waals surface area (Å²) in [5, 5.41) is 11.5. The molecule has 1 aromatic heterocycles. The maximum atomic E-state index is 11.9. The smallest absolute Gasteiger partial charge is 0.341 e. The number of carbonyl (C=O) groups is 2. The molecule has 0 saturated carbocycles. The predicted octanol–water partition coefficient (Wildman–Crippen LogP) is 0.380. The van der Waals surface area contributed by atoms with Crippen LogP contribution in [0.2, 0.25) is 0 Å². The summed E-state index contributed by atoms with van der Waals surface area (Å²) < 4.78 is 1.15. The molecule has 0 aliphatic rings. The van der Waals surface area contributed by atoms with Crippen LogP contribution < -0.4 is 10.9 Å². The van der Waals surface area contributed by atoms with Gasteiger partial charge in [0.15, 0.2) is 0 Å². The molecule has 1 aromatic rings. The van der Waals surface area contributed by atoms with Crippen LogP contribution in [-0.2, 0) is 11.3 Å². The quantitative estimate of drug-likeness (QED) is 0.810. The van der Waals surface area contributed by atoms with E-state index >= 15 is 0 Å². The van der Waals surface area contributed by atoms with Crippen LogP contribution in [0.15, 0.2) is 16.9 Å². The van der Waals surface area contributed by atoms with Gasteiger partial charge in [0.1, 0.15) is 12.1 Å². The number of hydrogen-bond acceptors (Lipinski definition) is 3. The van der Waals surface area contributed by atoms with Crippen molar-refractivity contribution in [2.24, 2.45) is 0 Å². The van der Waals surface area contributed by atoms with E-state index in [4.69, 9.17) is 5.11 Å². The third-order valence-electron chi connectivity index (χ3n) is 2.37. The first-order chi connectivity index (χ1) is 8.32. The van der Waals surface area contributed by atoms with E-state index in [1.165, 1.54) is 12.1 Å². The van der Waals surface area contributed by atoms with Crippen molar-refractivity contribution in [2.45, 2.75) is 33.4 Å². The van der Waals surface area contributed by atoms with Gasteiger partial charge in [0, 0.05) is 11.7 Å². The molecule has 0 aliphatic carbocycles. The summed E-state index contributed by atoms with van der Waals surface area (Å²) in [6, 6.07) is 2.72. The first-order valence-electron chi connectivity index (χ1n) is 5.56. The van der Waals surface area contributed by atoms with Gasteiger partial charge in [-0.3, -0.25) is 9.59 Å². The van der Waals surface area contributed by atoms with Crippen molar-refractivity contribution in [3.05, 3.63) is 33.7 Å². The molecular formula is C12H16N2O4. The van der Waals surface area contributed by atoms with Crippen LogP contribution in [0.1, 0.15) is 29.9 Å². The second kappa shape index (κ2) is 5.48. The van der Waals surface area contributed by atoms with E-state index in [9.17, 15) is 14.4 Å². The van der Waals surface area contributed by atoms with Gasteiger partial charge >= 0.3 is 5.97 Å². The fourth-order valence-corrected chi connectivity index (χ4v) is 1.54. The zero-order chi connectivity index (χ0) is 13.9. The third-order valence-corrected chi connectivity index (χ3v) is 2.37. The number of rotatable bonds is 4. The van der Waals surface area contributed by atoms with Gasteiger partial charge in [0.25, 0.3) is 5.56 Å². The minimum absolute atomic E-state index is 0.0313. The number of aryl methyl sites for hydroxylation is 1. The first kappa shape index (κ1) is 14.0. The van der Waals surface area contributed by atoms with E-state index in [1.807, 2.05) is 0 Å². The van der Waals surface area contributed by atoms with Crippen molar-refractivity contribution >= 4 is 11.9 Å².